The number of nitrogens with two attached hydrogens (primary N) is 1. The lowest BCUT2D eigenvalue weighted by Crippen LogP contribution is -2.41. The molecule has 1 aliphatic heterocycles. The molecule has 2 N–H and O–H groups in total. The Labute approximate surface area is 139 Å². The van der Waals surface area contributed by atoms with Crippen LogP contribution >= 0.6 is 0 Å². The first-order chi connectivity index (χ1) is 10.8. The van der Waals surface area contributed by atoms with Crippen LogP contribution < -0.4 is 10.5 Å². The molecule has 1 heterocycles. The molecule has 0 saturated carbocycles. The molecule has 2 atom stereocenters. The Morgan fingerprint density at radius 2 is 1.96 bits per heavy atom. The minimum atomic E-state index is 0.0736. The molecule has 0 bridgehead atoms. The fourth-order valence-electron chi connectivity index (χ4n) is 3.15. The van der Waals surface area contributed by atoms with Crippen LogP contribution in [0.25, 0.3) is 6.08 Å². The van der Waals surface area contributed by atoms with Crippen LogP contribution in [0.15, 0.2) is 24.3 Å². The molecule has 1 fully saturated rings. The van der Waals surface area contributed by atoms with E-state index in [0.29, 0.717) is 23.3 Å². The maximum atomic E-state index is 12.3. The summed E-state index contributed by atoms with van der Waals surface area (Å²) in [6, 6.07) is 5.60. The molecule has 4 heteroatoms. The Kier molecular flexibility index (Phi) is 5.69. The number of ether oxygens (including phenoxy) is 1. The topological polar surface area (TPSA) is 55.6 Å². The van der Waals surface area contributed by atoms with Crippen molar-refractivity contribution in [3.05, 3.63) is 29.8 Å². The molecule has 2 rings (SSSR count). The largest absolute Gasteiger partial charge is 0.489 e. The van der Waals surface area contributed by atoms with E-state index in [-0.39, 0.29) is 12.0 Å². The summed E-state index contributed by atoms with van der Waals surface area (Å²) in [4.78, 5) is 14.3. The molecule has 4 nitrogen and oxygen atoms in total. The van der Waals surface area contributed by atoms with Crippen molar-refractivity contribution in [1.29, 1.82) is 0 Å². The third-order valence-corrected chi connectivity index (χ3v) is 4.00. The fourth-order valence-corrected chi connectivity index (χ4v) is 3.15. The molecule has 1 amide bonds. The van der Waals surface area contributed by atoms with Crippen LogP contribution in [0.2, 0.25) is 0 Å². The van der Waals surface area contributed by atoms with Gasteiger partial charge in [-0.2, -0.15) is 0 Å². The third kappa shape index (κ3) is 5.02. The van der Waals surface area contributed by atoms with Crippen LogP contribution in [0.3, 0.4) is 0 Å². The molecule has 2 unspecified atom stereocenters. The molecular formula is C19H28N2O2. The van der Waals surface area contributed by atoms with Gasteiger partial charge in [-0.3, -0.25) is 4.79 Å². The predicted octanol–water partition coefficient (Wildman–Crippen LogP) is 3.57. The summed E-state index contributed by atoms with van der Waals surface area (Å²) in [6.45, 7) is 10.0. The number of piperidine rings is 1. The number of anilines is 1. The van der Waals surface area contributed by atoms with Gasteiger partial charge >= 0.3 is 0 Å². The van der Waals surface area contributed by atoms with Gasteiger partial charge in [0, 0.05) is 19.2 Å². The van der Waals surface area contributed by atoms with Gasteiger partial charge in [-0.1, -0.05) is 19.9 Å². The number of hydrogen-bond donors (Lipinski definition) is 1. The van der Waals surface area contributed by atoms with Gasteiger partial charge in [0.15, 0.2) is 0 Å². The number of rotatable bonds is 4. The maximum absolute atomic E-state index is 12.3. The number of nitrogen functional groups attached to an aromatic ring is 1. The lowest BCUT2D eigenvalue weighted by atomic mass is 9.92. The Morgan fingerprint density at radius 1 is 1.30 bits per heavy atom. The number of likely N-dealkylation sites (tertiary alicyclic amines) is 1. The van der Waals surface area contributed by atoms with Crippen molar-refractivity contribution in [3.63, 3.8) is 0 Å². The average molecular weight is 316 g/mol. The highest BCUT2D eigenvalue weighted by Gasteiger charge is 2.23. The van der Waals surface area contributed by atoms with E-state index in [1.165, 1.54) is 6.42 Å². The zero-order chi connectivity index (χ0) is 17.0. The van der Waals surface area contributed by atoms with Gasteiger partial charge in [-0.25, -0.2) is 0 Å². The van der Waals surface area contributed by atoms with Crippen LogP contribution in [-0.4, -0.2) is 30.0 Å². The molecule has 0 aliphatic carbocycles. The van der Waals surface area contributed by atoms with E-state index in [4.69, 9.17) is 10.5 Å². The van der Waals surface area contributed by atoms with Crippen LogP contribution in [0.4, 0.5) is 5.69 Å². The van der Waals surface area contributed by atoms with E-state index in [1.54, 1.807) is 6.08 Å². The Hall–Kier alpha value is -1.97. The summed E-state index contributed by atoms with van der Waals surface area (Å²) in [5.41, 5.74) is 7.50. The second-order valence-corrected chi connectivity index (χ2v) is 6.99. The molecule has 1 aromatic carbocycles. The van der Waals surface area contributed by atoms with Crippen LogP contribution in [0, 0.1) is 11.8 Å². The summed E-state index contributed by atoms with van der Waals surface area (Å²) in [6.07, 6.45) is 4.74. The van der Waals surface area contributed by atoms with Crippen molar-refractivity contribution in [3.8, 4) is 5.75 Å². The Morgan fingerprint density at radius 3 is 2.52 bits per heavy atom. The van der Waals surface area contributed by atoms with Crippen molar-refractivity contribution in [2.24, 2.45) is 11.8 Å². The lowest BCUT2D eigenvalue weighted by molar-refractivity contribution is -0.128. The summed E-state index contributed by atoms with van der Waals surface area (Å²) in [5, 5.41) is 0. The highest BCUT2D eigenvalue weighted by atomic mass is 16.5. The van der Waals surface area contributed by atoms with Crippen molar-refractivity contribution < 1.29 is 9.53 Å². The highest BCUT2D eigenvalue weighted by Crippen LogP contribution is 2.25. The SMILES string of the molecule is CC1CC(C)CN(C(=O)/C=C\c2ccc(OC(C)C)c(N)c2)C1. The number of carbonyl (C=O) groups excluding carboxylic acids is 1. The highest BCUT2D eigenvalue weighted by molar-refractivity contribution is 5.92. The van der Waals surface area contributed by atoms with E-state index in [9.17, 15) is 4.79 Å². The van der Waals surface area contributed by atoms with Gasteiger partial charge in [0.1, 0.15) is 5.75 Å². The van der Waals surface area contributed by atoms with E-state index >= 15 is 0 Å². The number of carbonyl (C=O) groups is 1. The number of hydrogen-bond acceptors (Lipinski definition) is 3. The number of amides is 1. The van der Waals surface area contributed by atoms with Gasteiger partial charge in [0.2, 0.25) is 5.91 Å². The van der Waals surface area contributed by atoms with E-state index < -0.39 is 0 Å². The molecule has 126 valence electrons. The standard InChI is InChI=1S/C19H28N2O2/c1-13(2)23-18-7-5-16(10-17(18)20)6-8-19(22)21-11-14(3)9-15(4)12-21/h5-8,10,13-15H,9,11-12,20H2,1-4H3/b8-6-. The first kappa shape index (κ1) is 17.4. The van der Waals surface area contributed by atoms with Crippen LogP contribution in [-0.2, 0) is 4.79 Å². The molecule has 1 aromatic rings. The molecule has 0 aromatic heterocycles. The van der Waals surface area contributed by atoms with Gasteiger partial charge in [0.05, 0.1) is 11.8 Å². The van der Waals surface area contributed by atoms with Gasteiger partial charge < -0.3 is 15.4 Å². The van der Waals surface area contributed by atoms with E-state index in [1.807, 2.05) is 43.0 Å². The van der Waals surface area contributed by atoms with Gasteiger partial charge in [-0.05, 0) is 55.9 Å². The smallest absolute Gasteiger partial charge is 0.246 e. The van der Waals surface area contributed by atoms with Crippen LogP contribution in [0.1, 0.15) is 39.7 Å². The molecule has 1 saturated heterocycles. The van der Waals surface area contributed by atoms with Crippen molar-refractivity contribution in [2.45, 2.75) is 40.2 Å². The summed E-state index contributed by atoms with van der Waals surface area (Å²) in [5.74, 6) is 1.89. The van der Waals surface area contributed by atoms with E-state index in [0.717, 1.165) is 18.7 Å². The minimum Gasteiger partial charge on any atom is -0.489 e. The quantitative estimate of drug-likeness (QED) is 0.682. The first-order valence-corrected chi connectivity index (χ1v) is 8.38. The molecule has 0 radical (unpaired) electrons. The van der Waals surface area contributed by atoms with Crippen molar-refractivity contribution in [1.82, 2.24) is 4.90 Å². The zero-order valence-electron chi connectivity index (χ0n) is 14.6. The summed E-state index contributed by atoms with van der Waals surface area (Å²) >= 11 is 0. The second kappa shape index (κ2) is 7.53. The molecule has 23 heavy (non-hydrogen) atoms. The molecule has 0 spiro atoms. The van der Waals surface area contributed by atoms with E-state index in [2.05, 4.69) is 13.8 Å². The molecular weight excluding hydrogens is 288 g/mol. The summed E-state index contributed by atoms with van der Waals surface area (Å²) in [7, 11) is 0. The van der Waals surface area contributed by atoms with Crippen molar-refractivity contribution in [2.75, 3.05) is 18.8 Å². The first-order valence-electron chi connectivity index (χ1n) is 8.38. The number of nitrogens with zero attached hydrogens (tertiary/aromatic N) is 1. The van der Waals surface area contributed by atoms with Crippen LogP contribution in [0.5, 0.6) is 5.75 Å². The fraction of sp³-hybridized carbons (Fsp3) is 0.526. The predicted molar refractivity (Wildman–Crippen MR) is 95.2 cm³/mol. The average Bonchev–Trinajstić information content (AvgIpc) is 2.46. The van der Waals surface area contributed by atoms with Gasteiger partial charge in [-0.15, -0.1) is 0 Å². The minimum absolute atomic E-state index is 0.0736. The maximum Gasteiger partial charge on any atom is 0.246 e. The third-order valence-electron chi connectivity index (χ3n) is 4.00. The lowest BCUT2D eigenvalue weighted by Gasteiger charge is -2.34. The van der Waals surface area contributed by atoms with Gasteiger partial charge in [0.25, 0.3) is 0 Å². The normalized spacial score (nSPS) is 21.9. The Balaban J connectivity index is 2.02. The zero-order valence-corrected chi connectivity index (χ0v) is 14.6. The number of benzene rings is 1. The van der Waals surface area contributed by atoms with Crippen molar-refractivity contribution >= 4 is 17.7 Å². The Bertz CT molecular complexity index is 571. The second-order valence-electron chi connectivity index (χ2n) is 6.99. The monoisotopic (exact) mass is 316 g/mol. The molecule has 1 aliphatic rings. The summed E-state index contributed by atoms with van der Waals surface area (Å²) < 4.78 is 5.62.